The first-order chi connectivity index (χ1) is 26.6. The molecule has 0 atom stereocenters. The van der Waals surface area contributed by atoms with E-state index in [2.05, 4.69) is 155 Å². The fourth-order valence-electron chi connectivity index (χ4n) is 8.84. The van der Waals surface area contributed by atoms with E-state index < -0.39 is 0 Å². The van der Waals surface area contributed by atoms with Gasteiger partial charge in [-0.2, -0.15) is 6.32 Å². The number of hydrogen-bond acceptors (Lipinski definition) is 0. The number of hydrogen-bond donors (Lipinski definition) is 0. The van der Waals surface area contributed by atoms with Gasteiger partial charge in [-0.15, -0.1) is 0 Å². The van der Waals surface area contributed by atoms with Crippen molar-refractivity contribution in [2.45, 2.75) is 116 Å². The van der Waals surface area contributed by atoms with Crippen molar-refractivity contribution in [2.75, 3.05) is 26.2 Å². The molecule has 0 saturated heterocycles. The predicted molar refractivity (Wildman–Crippen MR) is 244 cm³/mol. The number of unbranched alkanes of at least 4 members (excludes halogenated alkanes) is 6. The lowest BCUT2D eigenvalue weighted by Crippen LogP contribution is -2.50. The van der Waals surface area contributed by atoms with Crippen molar-refractivity contribution in [3.63, 3.8) is 0 Å². The first kappa shape index (κ1) is 41.3. The Labute approximate surface area is 330 Å². The third kappa shape index (κ3) is 9.86. The number of nitrogens with zero attached hydrogens (tertiary/aromatic N) is 1. The van der Waals surface area contributed by atoms with Crippen LogP contribution in [-0.4, -0.2) is 38.5 Å². The summed E-state index contributed by atoms with van der Waals surface area (Å²) in [7, 11) is 0.481. The third-order valence-corrected chi connectivity index (χ3v) is 11.7. The van der Waals surface area contributed by atoms with Crippen molar-refractivity contribution in [3.8, 4) is 0 Å². The zero-order valence-electron chi connectivity index (χ0n) is 33.6. The summed E-state index contributed by atoms with van der Waals surface area (Å²) in [5.74, 6) is 0. The van der Waals surface area contributed by atoms with Crippen LogP contribution in [0.5, 0.6) is 0 Å². The summed E-state index contributed by atoms with van der Waals surface area (Å²) in [5.41, 5.74) is 4.02. The SMILES string of the molecule is CCCC[N+](CCCC)(CCCC)CCCC.[BH3-]CCCCCC(c1cccc2ccccc12)(c1cccc2ccccc12)c1cccc2ccccc12. The Kier molecular flexibility index (Phi) is 16.3. The van der Waals surface area contributed by atoms with Crippen LogP contribution in [0.1, 0.15) is 121 Å². The van der Waals surface area contributed by atoms with Gasteiger partial charge in [0.05, 0.1) is 26.2 Å². The molecule has 0 saturated carbocycles. The molecule has 0 unspecified atom stereocenters. The zero-order valence-corrected chi connectivity index (χ0v) is 33.6. The summed E-state index contributed by atoms with van der Waals surface area (Å²) >= 11 is 0. The molecule has 0 amide bonds. The highest BCUT2D eigenvalue weighted by atomic mass is 15.3. The molecule has 286 valence electrons. The molecule has 0 aliphatic heterocycles. The Hall–Kier alpha value is -3.88. The van der Waals surface area contributed by atoms with Gasteiger partial charge in [0.15, 0.2) is 0 Å². The Bertz CT molecular complexity index is 1750. The predicted octanol–water partition coefficient (Wildman–Crippen LogP) is 13.8. The molecule has 0 spiro atoms. The molecule has 1 nitrogen and oxygen atoms in total. The lowest BCUT2D eigenvalue weighted by molar-refractivity contribution is -0.929. The maximum atomic E-state index is 2.41. The van der Waals surface area contributed by atoms with E-state index in [-0.39, 0.29) is 5.41 Å². The molecule has 0 aromatic heterocycles. The lowest BCUT2D eigenvalue weighted by atomic mass is 9.63. The average Bonchev–Trinajstić information content (AvgIpc) is 3.23. The van der Waals surface area contributed by atoms with Crippen molar-refractivity contribution < 1.29 is 4.48 Å². The van der Waals surface area contributed by atoms with Crippen LogP contribution in [0.3, 0.4) is 0 Å². The Balaban J connectivity index is 0.000000281. The Morgan fingerprint density at radius 3 is 1.06 bits per heavy atom. The fraction of sp³-hybridized carbons (Fsp3) is 0.423. The van der Waals surface area contributed by atoms with Crippen molar-refractivity contribution >= 4 is 40.2 Å². The van der Waals surface area contributed by atoms with E-state index >= 15 is 0 Å². The van der Waals surface area contributed by atoms with Gasteiger partial charge in [-0.3, -0.25) is 0 Å². The van der Waals surface area contributed by atoms with E-state index in [9.17, 15) is 0 Å². The smallest absolute Gasteiger partial charge is 0.0786 e. The van der Waals surface area contributed by atoms with Crippen LogP contribution in [0, 0.1) is 0 Å². The van der Waals surface area contributed by atoms with Crippen LogP contribution in [0.15, 0.2) is 127 Å². The van der Waals surface area contributed by atoms with Crippen LogP contribution >= 0.6 is 0 Å². The summed E-state index contributed by atoms with van der Waals surface area (Å²) < 4.78 is 1.42. The van der Waals surface area contributed by atoms with Gasteiger partial charge in [-0.25, -0.2) is 0 Å². The standard InChI is InChI=1S/C36H34B.C16H36N/c37-26-9-1-8-25-36(33-22-10-16-27-13-2-5-19-30(27)33,34-23-11-17-28-14-3-6-20-31(28)34)35-24-12-18-29-15-4-7-21-32(29)35;1-5-9-13-17(14-10-6-2,15-11-7-3)16-12-8-4/h2-7,10-24H,1,8-9,25-26H2,37H3;5-16H2,1-4H3/q-1;+1. The monoisotopic (exact) mass is 720 g/mol. The van der Waals surface area contributed by atoms with E-state index in [0.717, 1.165) is 6.42 Å². The zero-order chi connectivity index (χ0) is 38.1. The molecule has 0 fully saturated rings. The first-order valence-corrected chi connectivity index (χ1v) is 21.2. The van der Waals surface area contributed by atoms with Gasteiger partial charge in [0, 0.05) is 5.41 Å². The number of fused-ring (bicyclic) bond motifs is 3. The molecule has 0 aliphatic rings. The van der Waals surface area contributed by atoms with E-state index in [4.69, 9.17) is 0 Å². The number of quaternary nitrogens is 1. The highest BCUT2D eigenvalue weighted by molar-refractivity contribution is 6.08. The largest absolute Gasteiger partial charge is 0.324 e. The highest BCUT2D eigenvalue weighted by Crippen LogP contribution is 2.50. The molecular weight excluding hydrogens is 649 g/mol. The molecule has 54 heavy (non-hydrogen) atoms. The van der Waals surface area contributed by atoms with Gasteiger partial charge in [0.1, 0.15) is 0 Å². The topological polar surface area (TPSA) is 0 Å². The minimum Gasteiger partial charge on any atom is -0.324 e. The normalized spacial score (nSPS) is 11.9. The molecule has 6 aromatic carbocycles. The molecule has 0 aliphatic carbocycles. The van der Waals surface area contributed by atoms with Crippen LogP contribution in [0.2, 0.25) is 6.32 Å². The highest BCUT2D eigenvalue weighted by Gasteiger charge is 2.39. The van der Waals surface area contributed by atoms with E-state index in [1.165, 1.54) is 157 Å². The molecule has 0 radical (unpaired) electrons. The second kappa shape index (κ2) is 21.3. The quantitative estimate of drug-likeness (QED) is 0.0319. The van der Waals surface area contributed by atoms with Gasteiger partial charge in [-0.05, 0) is 89.0 Å². The van der Waals surface area contributed by atoms with Gasteiger partial charge < -0.3 is 4.48 Å². The minimum absolute atomic E-state index is 0.261. The Morgan fingerprint density at radius 1 is 0.389 bits per heavy atom. The van der Waals surface area contributed by atoms with Crippen molar-refractivity contribution in [1.82, 2.24) is 0 Å². The second-order valence-electron chi connectivity index (χ2n) is 15.4. The molecular formula is C52H70BN. The molecule has 0 heterocycles. The third-order valence-electron chi connectivity index (χ3n) is 11.7. The minimum atomic E-state index is -0.261. The van der Waals surface area contributed by atoms with Crippen molar-refractivity contribution in [1.29, 1.82) is 0 Å². The summed E-state index contributed by atoms with van der Waals surface area (Å²) in [6.45, 7) is 15.0. The second-order valence-corrected chi connectivity index (χ2v) is 15.4. The molecule has 0 bridgehead atoms. The molecule has 6 aromatic rings. The summed E-state index contributed by atoms with van der Waals surface area (Å²) in [6, 6.07) is 47.7. The van der Waals surface area contributed by atoms with Crippen LogP contribution in [-0.2, 0) is 5.41 Å². The Morgan fingerprint density at radius 2 is 0.722 bits per heavy atom. The van der Waals surface area contributed by atoms with Crippen molar-refractivity contribution in [2.24, 2.45) is 0 Å². The van der Waals surface area contributed by atoms with E-state index in [0.29, 0.717) is 7.85 Å². The van der Waals surface area contributed by atoms with Gasteiger partial charge >= 0.3 is 0 Å². The van der Waals surface area contributed by atoms with Crippen LogP contribution in [0.25, 0.3) is 32.3 Å². The lowest BCUT2D eigenvalue weighted by Gasteiger charge is -2.39. The maximum absolute atomic E-state index is 2.41. The van der Waals surface area contributed by atoms with Gasteiger partial charge in [0.2, 0.25) is 0 Å². The molecule has 0 N–H and O–H groups in total. The molecule has 2 heteroatoms. The summed E-state index contributed by atoms with van der Waals surface area (Å²) in [5, 5.41) is 8.02. The van der Waals surface area contributed by atoms with E-state index in [1.54, 1.807) is 0 Å². The first-order valence-electron chi connectivity index (χ1n) is 21.2. The number of benzene rings is 6. The van der Waals surface area contributed by atoms with Crippen LogP contribution in [0.4, 0.5) is 0 Å². The average molecular weight is 720 g/mol. The fourth-order valence-corrected chi connectivity index (χ4v) is 8.84. The summed E-state index contributed by atoms with van der Waals surface area (Å²) in [4.78, 5) is 0. The summed E-state index contributed by atoms with van der Waals surface area (Å²) in [6.07, 6.45) is 17.6. The molecule has 6 rings (SSSR count). The van der Waals surface area contributed by atoms with Gasteiger partial charge in [-0.1, -0.05) is 200 Å². The van der Waals surface area contributed by atoms with E-state index in [1.807, 2.05) is 0 Å². The van der Waals surface area contributed by atoms with Crippen LogP contribution < -0.4 is 0 Å². The van der Waals surface area contributed by atoms with Crippen molar-refractivity contribution in [3.05, 3.63) is 144 Å². The number of rotatable bonds is 20. The maximum Gasteiger partial charge on any atom is 0.0786 e. The van der Waals surface area contributed by atoms with Gasteiger partial charge in [0.25, 0.3) is 0 Å².